The number of aliphatic hydroxyl groups excluding tert-OH is 1. The van der Waals surface area contributed by atoms with Gasteiger partial charge in [0, 0.05) is 19.5 Å². The van der Waals surface area contributed by atoms with E-state index in [4.69, 9.17) is 19.4 Å². The number of H-pyrrole nitrogens is 1. The van der Waals surface area contributed by atoms with Gasteiger partial charge in [-0.3, -0.25) is 23.7 Å². The summed E-state index contributed by atoms with van der Waals surface area (Å²) in [5, 5.41) is 12.5. The first-order chi connectivity index (χ1) is 16.0. The molecule has 1 fully saturated rings. The number of phosphoric ester groups is 1. The Morgan fingerprint density at radius 1 is 1.23 bits per heavy atom. The largest absolute Gasteiger partial charge is 0.490 e. The second-order valence-corrected chi connectivity index (χ2v) is 11.2. The van der Waals surface area contributed by atoms with Gasteiger partial charge in [-0.1, -0.05) is 11.8 Å². The van der Waals surface area contributed by atoms with E-state index in [0.717, 1.165) is 10.8 Å². The molecule has 1 amide bonds. The molecule has 1 saturated heterocycles. The summed E-state index contributed by atoms with van der Waals surface area (Å²) in [5.41, 5.74) is -1.94. The average Bonchev–Trinajstić information content (AvgIpc) is 3.02. The van der Waals surface area contributed by atoms with Crippen LogP contribution in [0.2, 0.25) is 0 Å². The van der Waals surface area contributed by atoms with Gasteiger partial charge in [0.1, 0.15) is 17.9 Å². The minimum Gasteiger partial charge on any atom is -0.390 e. The molecule has 0 aromatic carbocycles. The van der Waals surface area contributed by atoms with Crippen LogP contribution in [0.15, 0.2) is 15.8 Å². The maximum Gasteiger partial charge on any atom is 0.490 e. The van der Waals surface area contributed by atoms with Gasteiger partial charge < -0.3 is 34.7 Å². The van der Waals surface area contributed by atoms with Crippen LogP contribution in [0.5, 0.6) is 0 Å². The Balaban J connectivity index is 2.09. The Bertz CT molecular complexity index is 1270. The lowest BCUT2D eigenvalue weighted by molar-refractivity contribution is -0.118. The molecule has 2 rings (SSSR count). The third-order valence-electron chi connectivity index (χ3n) is 3.95. The van der Waals surface area contributed by atoms with E-state index in [2.05, 4.69) is 30.3 Å². The van der Waals surface area contributed by atoms with Gasteiger partial charge in [0.2, 0.25) is 5.91 Å². The minimum absolute atomic E-state index is 0.0742. The number of aromatic nitrogens is 2. The van der Waals surface area contributed by atoms with E-state index in [1.54, 1.807) is 0 Å². The summed E-state index contributed by atoms with van der Waals surface area (Å²) >= 11 is 0. The molecule has 0 aliphatic carbocycles. The number of carbonyl (C=O) groups excluding carboxylic acids is 1. The third kappa shape index (κ3) is 9.54. The molecule has 196 valence electrons. The normalized spacial score (nSPS) is 23.5. The molecule has 21 heteroatoms. The number of carbonyl (C=O) groups is 1. The van der Waals surface area contributed by atoms with Crippen molar-refractivity contribution in [1.29, 1.82) is 0 Å². The number of aromatic amines is 1. The highest BCUT2D eigenvalue weighted by molar-refractivity contribution is 7.66. The number of nitrogens with zero attached hydrogens (tertiary/aromatic N) is 1. The number of phosphoric acid groups is 3. The first-order valence-corrected chi connectivity index (χ1v) is 13.7. The van der Waals surface area contributed by atoms with Gasteiger partial charge in [-0.2, -0.15) is 8.62 Å². The first kappa shape index (κ1) is 29.3. The van der Waals surface area contributed by atoms with E-state index in [1.807, 2.05) is 4.98 Å². The van der Waals surface area contributed by atoms with Crippen molar-refractivity contribution in [3.05, 3.63) is 32.6 Å². The van der Waals surface area contributed by atoms with E-state index >= 15 is 0 Å². The SMILES string of the molecule is CC(=O)NCC#Cc1cn([C@H]2C[C@H](O)[C@@H](COP(=O)(O)OP(=O)(O)OP(=O)(O)O)O2)c(=O)[nH]c1=O. The van der Waals surface area contributed by atoms with Crippen molar-refractivity contribution in [1.82, 2.24) is 14.9 Å². The van der Waals surface area contributed by atoms with Crippen LogP contribution in [0.25, 0.3) is 0 Å². The molecule has 0 spiro atoms. The van der Waals surface area contributed by atoms with Gasteiger partial charge in [0.15, 0.2) is 0 Å². The van der Waals surface area contributed by atoms with E-state index in [9.17, 15) is 38.1 Å². The summed E-state index contributed by atoms with van der Waals surface area (Å²) < 4.78 is 51.6. The number of amides is 1. The zero-order chi connectivity index (χ0) is 26.6. The van der Waals surface area contributed by atoms with Crippen molar-refractivity contribution in [3.63, 3.8) is 0 Å². The molecule has 1 aliphatic rings. The predicted octanol–water partition coefficient (Wildman–Crippen LogP) is -1.98. The van der Waals surface area contributed by atoms with Crippen LogP contribution >= 0.6 is 23.5 Å². The second-order valence-electron chi connectivity index (χ2n) is 6.74. The molecule has 1 aromatic heterocycles. The highest BCUT2D eigenvalue weighted by Gasteiger charge is 2.43. The van der Waals surface area contributed by atoms with Crippen LogP contribution in [0, 0.1) is 11.8 Å². The standard InChI is InChI=1S/C14H20N3O15P3/c1-8(18)15-4-2-3-9-6-17(14(21)16-13(9)20)12-5-10(19)11(30-12)7-29-34(25,26)32-35(27,28)31-33(22,23)24/h6,10-12,19H,4-5,7H2,1H3,(H,15,18)(H,25,26)(H,27,28)(H,16,20,21)(H2,22,23,24)/t10-,11+,12+/m0/s1. The number of rotatable bonds is 9. The summed E-state index contributed by atoms with van der Waals surface area (Å²) in [6, 6.07) is 0. The van der Waals surface area contributed by atoms with Crippen LogP contribution in [-0.2, 0) is 36.4 Å². The number of hydrogen-bond acceptors (Lipinski definition) is 11. The highest BCUT2D eigenvalue weighted by Crippen LogP contribution is 2.66. The molecule has 18 nitrogen and oxygen atoms in total. The van der Waals surface area contributed by atoms with Gasteiger partial charge in [-0.15, -0.1) is 0 Å². The molecule has 5 atom stereocenters. The van der Waals surface area contributed by atoms with Crippen molar-refractivity contribution in [2.24, 2.45) is 0 Å². The van der Waals surface area contributed by atoms with Crippen molar-refractivity contribution in [3.8, 4) is 11.8 Å². The third-order valence-corrected chi connectivity index (χ3v) is 7.75. The van der Waals surface area contributed by atoms with E-state index in [0.29, 0.717) is 0 Å². The zero-order valence-electron chi connectivity index (χ0n) is 17.5. The molecule has 2 heterocycles. The molecular weight excluding hydrogens is 543 g/mol. The molecule has 2 unspecified atom stereocenters. The fourth-order valence-electron chi connectivity index (χ4n) is 2.60. The number of nitrogens with one attached hydrogen (secondary N) is 2. The summed E-state index contributed by atoms with van der Waals surface area (Å²) in [6.07, 6.45) is -3.24. The molecule has 0 saturated carbocycles. The fourth-order valence-corrected chi connectivity index (χ4v) is 5.63. The van der Waals surface area contributed by atoms with Gasteiger partial charge in [0.25, 0.3) is 5.56 Å². The van der Waals surface area contributed by atoms with Crippen LogP contribution in [0.4, 0.5) is 0 Å². The molecule has 1 aliphatic heterocycles. The summed E-state index contributed by atoms with van der Waals surface area (Å²) in [4.78, 5) is 72.6. The lowest BCUT2D eigenvalue weighted by Crippen LogP contribution is -2.33. The Kier molecular flexibility index (Phi) is 9.53. The zero-order valence-corrected chi connectivity index (χ0v) is 20.2. The second kappa shape index (κ2) is 11.4. The van der Waals surface area contributed by atoms with Gasteiger partial charge >= 0.3 is 29.2 Å². The summed E-state index contributed by atoms with van der Waals surface area (Å²) in [7, 11) is -16.7. The number of hydrogen-bond donors (Lipinski definition) is 7. The smallest absolute Gasteiger partial charge is 0.390 e. The molecule has 7 N–H and O–H groups in total. The Morgan fingerprint density at radius 2 is 1.89 bits per heavy atom. The summed E-state index contributed by atoms with van der Waals surface area (Å²) in [5.74, 6) is 4.59. The number of ether oxygens (including phenoxy) is 1. The molecule has 1 aromatic rings. The maximum atomic E-state index is 12.2. The Morgan fingerprint density at radius 3 is 2.49 bits per heavy atom. The van der Waals surface area contributed by atoms with Crippen LogP contribution < -0.4 is 16.6 Å². The van der Waals surface area contributed by atoms with E-state index in [1.165, 1.54) is 6.92 Å². The quantitative estimate of drug-likeness (QED) is 0.127. The average molecular weight is 563 g/mol. The number of aliphatic hydroxyl groups is 1. The minimum atomic E-state index is -5.73. The first-order valence-electron chi connectivity index (χ1n) is 9.19. The molecule has 35 heavy (non-hydrogen) atoms. The van der Waals surface area contributed by atoms with Crippen LogP contribution in [-0.4, -0.2) is 65.5 Å². The Hall–Kier alpha value is -1.96. The molecular formula is C14H20N3O15P3. The van der Waals surface area contributed by atoms with E-state index in [-0.39, 0.29) is 24.4 Å². The van der Waals surface area contributed by atoms with Crippen LogP contribution in [0.3, 0.4) is 0 Å². The fraction of sp³-hybridized carbons (Fsp3) is 0.500. The lowest BCUT2D eigenvalue weighted by atomic mass is 10.2. The van der Waals surface area contributed by atoms with Crippen molar-refractivity contribution < 1.29 is 61.1 Å². The van der Waals surface area contributed by atoms with E-state index < -0.39 is 59.8 Å². The van der Waals surface area contributed by atoms with Gasteiger partial charge in [-0.05, 0) is 0 Å². The topological polar surface area (TPSA) is 273 Å². The Labute approximate surface area is 195 Å². The van der Waals surface area contributed by atoms with Gasteiger partial charge in [0.05, 0.1) is 19.3 Å². The van der Waals surface area contributed by atoms with Crippen molar-refractivity contribution in [2.45, 2.75) is 31.8 Å². The molecule has 0 bridgehead atoms. The summed E-state index contributed by atoms with van der Waals surface area (Å²) in [6.45, 7) is 0.246. The molecule has 0 radical (unpaired) electrons. The predicted molar refractivity (Wildman–Crippen MR) is 111 cm³/mol. The highest BCUT2D eigenvalue weighted by atomic mass is 31.3. The van der Waals surface area contributed by atoms with Crippen LogP contribution in [0.1, 0.15) is 25.1 Å². The lowest BCUT2D eigenvalue weighted by Gasteiger charge is -2.19. The van der Waals surface area contributed by atoms with Gasteiger partial charge in [-0.25, -0.2) is 18.5 Å². The van der Waals surface area contributed by atoms with Crippen molar-refractivity contribution in [2.75, 3.05) is 13.2 Å². The monoisotopic (exact) mass is 563 g/mol. The maximum absolute atomic E-state index is 12.2. The van der Waals surface area contributed by atoms with Crippen molar-refractivity contribution >= 4 is 29.4 Å².